The van der Waals surface area contributed by atoms with Crippen LogP contribution in [-0.2, 0) is 4.79 Å². The highest BCUT2D eigenvalue weighted by molar-refractivity contribution is 9.10. The van der Waals surface area contributed by atoms with E-state index >= 15 is 0 Å². The van der Waals surface area contributed by atoms with Crippen molar-refractivity contribution in [3.63, 3.8) is 0 Å². The Balaban J connectivity index is 1.50. The second-order valence-electron chi connectivity index (χ2n) is 8.58. The minimum Gasteiger partial charge on any atom is -0.326 e. The third-order valence-corrected chi connectivity index (χ3v) is 7.45. The smallest absolute Gasteiger partial charge is 0.224 e. The van der Waals surface area contributed by atoms with Crippen LogP contribution < -0.4 is 5.32 Å². The maximum Gasteiger partial charge on any atom is 0.224 e. The lowest BCUT2D eigenvalue weighted by molar-refractivity contribution is -0.123. The predicted molar refractivity (Wildman–Crippen MR) is 97.9 cm³/mol. The van der Waals surface area contributed by atoms with Crippen LogP contribution in [0.1, 0.15) is 56.1 Å². The van der Waals surface area contributed by atoms with Gasteiger partial charge in [0.1, 0.15) is 0 Å². The Morgan fingerprint density at radius 1 is 1.22 bits per heavy atom. The molecule has 4 fully saturated rings. The van der Waals surface area contributed by atoms with Gasteiger partial charge in [0.05, 0.1) is 0 Å². The molecule has 0 aromatic heterocycles. The van der Waals surface area contributed by atoms with Crippen molar-refractivity contribution < 1.29 is 4.79 Å². The van der Waals surface area contributed by atoms with Crippen LogP contribution in [-0.4, -0.2) is 10.2 Å². The average molecular weight is 376 g/mol. The van der Waals surface area contributed by atoms with Crippen molar-refractivity contribution in [3.8, 4) is 0 Å². The van der Waals surface area contributed by atoms with Gasteiger partial charge in [-0.2, -0.15) is 0 Å². The fourth-order valence-electron chi connectivity index (χ4n) is 5.96. The van der Waals surface area contributed by atoms with Crippen LogP contribution >= 0.6 is 15.9 Å². The van der Waals surface area contributed by atoms with Gasteiger partial charge < -0.3 is 5.32 Å². The number of hydrogen-bond acceptors (Lipinski definition) is 1. The van der Waals surface area contributed by atoms with E-state index in [1.807, 2.05) is 12.1 Å². The predicted octanol–water partition coefficient (Wildman–Crippen LogP) is 5.37. The van der Waals surface area contributed by atoms with Gasteiger partial charge in [0.15, 0.2) is 0 Å². The van der Waals surface area contributed by atoms with Gasteiger partial charge in [-0.15, -0.1) is 0 Å². The van der Waals surface area contributed by atoms with Gasteiger partial charge in [0, 0.05) is 16.4 Å². The highest BCUT2D eigenvalue weighted by Crippen LogP contribution is 2.65. The number of halogens is 1. The Morgan fingerprint density at radius 2 is 1.91 bits per heavy atom. The molecule has 5 rings (SSSR count). The summed E-state index contributed by atoms with van der Waals surface area (Å²) in [6.45, 7) is 4.18. The van der Waals surface area contributed by atoms with Crippen molar-refractivity contribution in [3.05, 3.63) is 29.3 Å². The lowest BCUT2D eigenvalue weighted by Gasteiger charge is -2.60. The lowest BCUT2D eigenvalue weighted by Crippen LogP contribution is -2.53. The van der Waals surface area contributed by atoms with Crippen molar-refractivity contribution in [1.29, 1.82) is 0 Å². The minimum absolute atomic E-state index is 0.205. The number of benzene rings is 1. The molecular formula is C20H26BrNO. The number of aryl methyl sites for hydroxylation is 1. The summed E-state index contributed by atoms with van der Waals surface area (Å²) < 4.78 is 0.330. The molecule has 4 saturated carbocycles. The van der Waals surface area contributed by atoms with Gasteiger partial charge in [-0.05, 0) is 86.8 Å². The van der Waals surface area contributed by atoms with E-state index in [-0.39, 0.29) is 11.3 Å². The molecule has 23 heavy (non-hydrogen) atoms. The monoisotopic (exact) mass is 375 g/mol. The zero-order valence-electron chi connectivity index (χ0n) is 14.1. The zero-order valence-corrected chi connectivity index (χ0v) is 15.7. The third kappa shape index (κ3) is 2.86. The molecule has 2 unspecified atom stereocenters. The molecule has 4 bridgehead atoms. The number of anilines is 1. The standard InChI is InChI=1S/C20H26BrNO/c1-13-4-3-5-17(14(13)2)22-18(23)11-19-7-15-6-16(8-19)10-20(21,9-15)12-19/h3-5,15-16H,6-12H2,1-2H3,(H,22,23)/t15-,16+,19?,20?. The van der Waals surface area contributed by atoms with E-state index in [9.17, 15) is 4.79 Å². The largest absolute Gasteiger partial charge is 0.326 e. The fraction of sp³-hybridized carbons (Fsp3) is 0.650. The summed E-state index contributed by atoms with van der Waals surface area (Å²) in [6, 6.07) is 6.14. The fourth-order valence-corrected chi connectivity index (χ4v) is 7.47. The van der Waals surface area contributed by atoms with Crippen LogP contribution in [0, 0.1) is 31.1 Å². The van der Waals surface area contributed by atoms with Crippen molar-refractivity contribution >= 4 is 27.5 Å². The highest BCUT2D eigenvalue weighted by atomic mass is 79.9. The van der Waals surface area contributed by atoms with Crippen LogP contribution in [0.3, 0.4) is 0 Å². The topological polar surface area (TPSA) is 29.1 Å². The molecule has 1 amide bonds. The molecule has 3 heteroatoms. The van der Waals surface area contributed by atoms with Gasteiger partial charge in [-0.1, -0.05) is 28.1 Å². The molecule has 1 aromatic carbocycles. The summed E-state index contributed by atoms with van der Waals surface area (Å²) in [5.41, 5.74) is 3.64. The maximum atomic E-state index is 12.7. The summed E-state index contributed by atoms with van der Waals surface area (Å²) in [4.78, 5) is 12.7. The van der Waals surface area contributed by atoms with Gasteiger partial charge in [-0.3, -0.25) is 4.79 Å². The van der Waals surface area contributed by atoms with Crippen LogP contribution in [0.15, 0.2) is 18.2 Å². The van der Waals surface area contributed by atoms with E-state index in [2.05, 4.69) is 41.2 Å². The molecule has 0 heterocycles. The Morgan fingerprint density at radius 3 is 2.57 bits per heavy atom. The number of nitrogens with one attached hydrogen (secondary N) is 1. The lowest BCUT2D eigenvalue weighted by atomic mass is 9.48. The molecule has 1 aromatic rings. The van der Waals surface area contributed by atoms with E-state index in [0.717, 1.165) is 17.5 Å². The Labute approximate surface area is 147 Å². The number of hydrogen-bond donors (Lipinski definition) is 1. The van der Waals surface area contributed by atoms with E-state index in [1.165, 1.54) is 49.7 Å². The van der Waals surface area contributed by atoms with Crippen molar-refractivity contribution in [2.75, 3.05) is 5.32 Å². The van der Waals surface area contributed by atoms with Crippen molar-refractivity contribution in [2.24, 2.45) is 17.3 Å². The van der Waals surface area contributed by atoms with Gasteiger partial charge in [0.25, 0.3) is 0 Å². The van der Waals surface area contributed by atoms with Gasteiger partial charge >= 0.3 is 0 Å². The summed E-state index contributed by atoms with van der Waals surface area (Å²) in [6.07, 6.45) is 8.45. The second-order valence-corrected chi connectivity index (χ2v) is 10.3. The SMILES string of the molecule is Cc1cccc(NC(=O)CC23C[C@@H]4C[C@@H](CC(Br)(C4)C2)C3)c1C. The third-order valence-electron chi connectivity index (χ3n) is 6.53. The first kappa shape index (κ1) is 15.7. The zero-order chi connectivity index (χ0) is 16.2. The van der Waals surface area contributed by atoms with Crippen LogP contribution in [0.4, 0.5) is 5.69 Å². The normalized spacial score (nSPS) is 37.9. The van der Waals surface area contributed by atoms with Crippen LogP contribution in [0.25, 0.3) is 0 Å². The second kappa shape index (κ2) is 5.34. The summed E-state index contributed by atoms with van der Waals surface area (Å²) >= 11 is 4.04. The van der Waals surface area contributed by atoms with E-state index in [1.54, 1.807) is 0 Å². The molecule has 2 nitrogen and oxygen atoms in total. The van der Waals surface area contributed by atoms with Crippen molar-refractivity contribution in [2.45, 2.75) is 63.1 Å². The van der Waals surface area contributed by atoms with Gasteiger partial charge in [-0.25, -0.2) is 0 Å². The molecular weight excluding hydrogens is 350 g/mol. The first-order valence-corrected chi connectivity index (χ1v) is 9.71. The quantitative estimate of drug-likeness (QED) is 0.707. The first-order chi connectivity index (χ1) is 10.9. The maximum absolute atomic E-state index is 12.7. The van der Waals surface area contributed by atoms with E-state index in [4.69, 9.17) is 0 Å². The van der Waals surface area contributed by atoms with Crippen molar-refractivity contribution in [1.82, 2.24) is 0 Å². The number of alkyl halides is 1. The van der Waals surface area contributed by atoms with Crippen LogP contribution in [0.2, 0.25) is 0 Å². The number of carbonyl (C=O) groups is 1. The van der Waals surface area contributed by atoms with E-state index < -0.39 is 0 Å². The molecule has 4 atom stereocenters. The number of amides is 1. The number of rotatable bonds is 3. The molecule has 124 valence electrons. The highest BCUT2D eigenvalue weighted by Gasteiger charge is 2.57. The molecule has 0 spiro atoms. The van der Waals surface area contributed by atoms with Crippen LogP contribution in [0.5, 0.6) is 0 Å². The van der Waals surface area contributed by atoms with Gasteiger partial charge in [0.2, 0.25) is 5.91 Å². The molecule has 0 aliphatic heterocycles. The first-order valence-electron chi connectivity index (χ1n) is 8.92. The minimum atomic E-state index is 0.205. The molecule has 0 radical (unpaired) electrons. The molecule has 0 saturated heterocycles. The summed E-state index contributed by atoms with van der Waals surface area (Å²) in [5.74, 6) is 1.88. The Hall–Kier alpha value is -0.830. The Bertz CT molecular complexity index is 639. The summed E-state index contributed by atoms with van der Waals surface area (Å²) in [7, 11) is 0. The molecule has 4 aliphatic rings. The summed E-state index contributed by atoms with van der Waals surface area (Å²) in [5, 5.41) is 3.18. The average Bonchev–Trinajstić information content (AvgIpc) is 2.40. The Kier molecular flexibility index (Phi) is 3.64. The molecule has 1 N–H and O–H groups in total. The van der Waals surface area contributed by atoms with E-state index in [0.29, 0.717) is 10.7 Å². The molecule has 4 aliphatic carbocycles. The number of carbonyl (C=O) groups excluding carboxylic acids is 1.